The standard InChI is InChI=1S/C18H13ClN4O2S/c19-11-3-1-2-10(6-11)15-7-13-17(26-15)14(8-16(20)24)22-23-18(13)21-12-4-5-25-9-12/h1-7,9H,8H2,(H2,20,24)(H,21,23). The van der Waals surface area contributed by atoms with Crippen molar-refractivity contribution in [3.8, 4) is 10.4 Å². The third-order valence-corrected chi connectivity index (χ3v) is 5.22. The SMILES string of the molecule is NC(=O)Cc1nnc(Nc2ccoc2)c2cc(-c3cccc(Cl)c3)sc12. The number of fused-ring (bicyclic) bond motifs is 1. The minimum absolute atomic E-state index is 0.0327. The predicted molar refractivity (Wildman–Crippen MR) is 103 cm³/mol. The second-order valence-corrected chi connectivity index (χ2v) is 7.13. The molecule has 3 aromatic heterocycles. The molecule has 0 atom stereocenters. The zero-order valence-corrected chi connectivity index (χ0v) is 15.0. The number of anilines is 2. The van der Waals surface area contributed by atoms with Crippen molar-refractivity contribution >= 4 is 50.4 Å². The van der Waals surface area contributed by atoms with Crippen LogP contribution in [0.4, 0.5) is 11.5 Å². The summed E-state index contributed by atoms with van der Waals surface area (Å²) in [4.78, 5) is 12.4. The molecule has 1 amide bonds. The largest absolute Gasteiger partial charge is 0.470 e. The number of carbonyl (C=O) groups excluding carboxylic acids is 1. The molecule has 26 heavy (non-hydrogen) atoms. The van der Waals surface area contributed by atoms with E-state index in [1.54, 1.807) is 18.6 Å². The number of benzene rings is 1. The molecule has 1 aromatic carbocycles. The highest BCUT2D eigenvalue weighted by molar-refractivity contribution is 7.22. The van der Waals surface area contributed by atoms with Gasteiger partial charge in [0.05, 0.1) is 28.8 Å². The van der Waals surface area contributed by atoms with Gasteiger partial charge < -0.3 is 15.5 Å². The summed E-state index contributed by atoms with van der Waals surface area (Å²) < 4.78 is 5.94. The molecule has 0 saturated heterocycles. The average molecular weight is 385 g/mol. The fourth-order valence-corrected chi connectivity index (χ4v) is 3.95. The molecular weight excluding hydrogens is 372 g/mol. The Labute approximate surface area is 157 Å². The first-order valence-corrected chi connectivity index (χ1v) is 8.92. The number of hydrogen-bond acceptors (Lipinski definition) is 6. The Morgan fingerprint density at radius 1 is 1.27 bits per heavy atom. The lowest BCUT2D eigenvalue weighted by Gasteiger charge is -2.05. The van der Waals surface area contributed by atoms with Gasteiger partial charge in [-0.05, 0) is 29.8 Å². The Kier molecular flexibility index (Phi) is 4.32. The molecule has 4 aromatic rings. The van der Waals surface area contributed by atoms with Crippen LogP contribution in [0.3, 0.4) is 0 Å². The number of nitrogens with one attached hydrogen (secondary N) is 1. The predicted octanol–water partition coefficient (Wildman–Crippen LogP) is 4.38. The Bertz CT molecular complexity index is 1090. The van der Waals surface area contributed by atoms with Crippen molar-refractivity contribution in [3.63, 3.8) is 0 Å². The van der Waals surface area contributed by atoms with Crippen molar-refractivity contribution in [3.05, 3.63) is 59.6 Å². The van der Waals surface area contributed by atoms with Gasteiger partial charge in [0, 0.05) is 15.3 Å². The van der Waals surface area contributed by atoms with Crippen LogP contribution in [0.2, 0.25) is 5.02 Å². The van der Waals surface area contributed by atoms with Crippen LogP contribution in [0.5, 0.6) is 0 Å². The summed E-state index contributed by atoms with van der Waals surface area (Å²) in [5.41, 5.74) is 7.66. The van der Waals surface area contributed by atoms with Crippen LogP contribution in [0.1, 0.15) is 5.69 Å². The third kappa shape index (κ3) is 3.26. The van der Waals surface area contributed by atoms with E-state index in [1.807, 2.05) is 30.3 Å². The van der Waals surface area contributed by atoms with Crippen molar-refractivity contribution in [2.45, 2.75) is 6.42 Å². The molecule has 0 aliphatic heterocycles. The summed E-state index contributed by atoms with van der Waals surface area (Å²) in [6, 6.07) is 11.4. The summed E-state index contributed by atoms with van der Waals surface area (Å²) in [7, 11) is 0. The van der Waals surface area contributed by atoms with Crippen LogP contribution < -0.4 is 11.1 Å². The molecule has 4 rings (SSSR count). The minimum Gasteiger partial charge on any atom is -0.470 e. The van der Waals surface area contributed by atoms with E-state index in [1.165, 1.54) is 11.3 Å². The maximum Gasteiger partial charge on any atom is 0.223 e. The van der Waals surface area contributed by atoms with Gasteiger partial charge in [0.25, 0.3) is 0 Å². The number of carbonyl (C=O) groups is 1. The molecule has 0 radical (unpaired) electrons. The Morgan fingerprint density at radius 3 is 2.88 bits per heavy atom. The van der Waals surface area contributed by atoms with E-state index in [9.17, 15) is 4.79 Å². The molecule has 3 heterocycles. The van der Waals surface area contributed by atoms with E-state index >= 15 is 0 Å². The summed E-state index contributed by atoms with van der Waals surface area (Å²) in [6.07, 6.45) is 3.18. The summed E-state index contributed by atoms with van der Waals surface area (Å²) in [5.74, 6) is 0.132. The highest BCUT2D eigenvalue weighted by Gasteiger charge is 2.16. The average Bonchev–Trinajstić information content (AvgIpc) is 3.26. The van der Waals surface area contributed by atoms with Crippen molar-refractivity contribution in [2.75, 3.05) is 5.32 Å². The molecule has 8 heteroatoms. The summed E-state index contributed by atoms with van der Waals surface area (Å²) >= 11 is 7.64. The van der Waals surface area contributed by atoms with E-state index < -0.39 is 5.91 Å². The van der Waals surface area contributed by atoms with Gasteiger partial charge in [-0.2, -0.15) is 5.10 Å². The van der Waals surface area contributed by atoms with Crippen LogP contribution in [0, 0.1) is 0 Å². The number of hydrogen-bond donors (Lipinski definition) is 2. The number of aromatic nitrogens is 2. The lowest BCUT2D eigenvalue weighted by Crippen LogP contribution is -2.15. The normalized spacial score (nSPS) is 11.0. The fourth-order valence-electron chi connectivity index (χ4n) is 2.62. The Hall–Kier alpha value is -2.90. The topological polar surface area (TPSA) is 94.0 Å². The zero-order valence-electron chi connectivity index (χ0n) is 13.4. The maximum atomic E-state index is 11.4. The molecule has 3 N–H and O–H groups in total. The molecule has 0 fully saturated rings. The van der Waals surface area contributed by atoms with Gasteiger partial charge in [-0.3, -0.25) is 4.79 Å². The Morgan fingerprint density at radius 2 is 2.15 bits per heavy atom. The lowest BCUT2D eigenvalue weighted by molar-refractivity contribution is -0.117. The van der Waals surface area contributed by atoms with Gasteiger partial charge in [0.2, 0.25) is 5.91 Å². The second kappa shape index (κ2) is 6.78. The molecule has 0 aliphatic rings. The summed E-state index contributed by atoms with van der Waals surface area (Å²) in [5, 5.41) is 13.1. The lowest BCUT2D eigenvalue weighted by atomic mass is 10.1. The van der Waals surface area contributed by atoms with E-state index in [0.717, 1.165) is 26.2 Å². The first kappa shape index (κ1) is 16.6. The Balaban J connectivity index is 1.86. The van der Waals surface area contributed by atoms with Crippen molar-refractivity contribution < 1.29 is 9.21 Å². The van der Waals surface area contributed by atoms with Gasteiger partial charge in [-0.1, -0.05) is 23.7 Å². The number of amides is 1. The third-order valence-electron chi connectivity index (χ3n) is 3.75. The number of rotatable bonds is 5. The first-order valence-electron chi connectivity index (χ1n) is 7.73. The number of furan rings is 1. The number of thiophene rings is 1. The molecule has 6 nitrogen and oxygen atoms in total. The quantitative estimate of drug-likeness (QED) is 0.532. The van der Waals surface area contributed by atoms with E-state index in [0.29, 0.717) is 16.5 Å². The number of halogens is 1. The molecule has 0 spiro atoms. The van der Waals surface area contributed by atoms with E-state index in [4.69, 9.17) is 21.8 Å². The van der Waals surface area contributed by atoms with Gasteiger partial charge in [-0.15, -0.1) is 16.4 Å². The van der Waals surface area contributed by atoms with Crippen LogP contribution >= 0.6 is 22.9 Å². The highest BCUT2D eigenvalue weighted by Crippen LogP contribution is 2.38. The fraction of sp³-hybridized carbons (Fsp3) is 0.0556. The van der Waals surface area contributed by atoms with Crippen molar-refractivity contribution in [2.24, 2.45) is 5.73 Å². The molecule has 0 aliphatic carbocycles. The maximum absolute atomic E-state index is 11.4. The van der Waals surface area contributed by atoms with E-state index in [-0.39, 0.29) is 6.42 Å². The van der Waals surface area contributed by atoms with Crippen LogP contribution in [-0.2, 0) is 11.2 Å². The minimum atomic E-state index is -0.450. The molecule has 130 valence electrons. The van der Waals surface area contributed by atoms with Gasteiger partial charge in [-0.25, -0.2) is 0 Å². The smallest absolute Gasteiger partial charge is 0.223 e. The monoisotopic (exact) mass is 384 g/mol. The molecule has 0 bridgehead atoms. The van der Waals surface area contributed by atoms with Gasteiger partial charge in [0.15, 0.2) is 5.82 Å². The zero-order chi connectivity index (χ0) is 18.1. The van der Waals surface area contributed by atoms with Crippen LogP contribution in [-0.4, -0.2) is 16.1 Å². The van der Waals surface area contributed by atoms with Crippen LogP contribution in [0.15, 0.2) is 53.3 Å². The number of nitrogens with zero attached hydrogens (tertiary/aromatic N) is 2. The first-order chi connectivity index (χ1) is 12.6. The summed E-state index contributed by atoms with van der Waals surface area (Å²) in [6.45, 7) is 0. The van der Waals surface area contributed by atoms with E-state index in [2.05, 4.69) is 15.5 Å². The number of nitrogens with two attached hydrogens (primary N) is 1. The highest BCUT2D eigenvalue weighted by atomic mass is 35.5. The number of primary amides is 1. The molecular formula is C18H13ClN4O2S. The van der Waals surface area contributed by atoms with Crippen molar-refractivity contribution in [1.82, 2.24) is 10.2 Å². The van der Waals surface area contributed by atoms with Gasteiger partial charge >= 0.3 is 0 Å². The molecule has 0 saturated carbocycles. The van der Waals surface area contributed by atoms with Crippen molar-refractivity contribution in [1.29, 1.82) is 0 Å². The van der Waals surface area contributed by atoms with Gasteiger partial charge in [0.1, 0.15) is 6.26 Å². The second-order valence-electron chi connectivity index (χ2n) is 5.64. The molecule has 0 unspecified atom stereocenters. The van der Waals surface area contributed by atoms with Crippen LogP contribution in [0.25, 0.3) is 20.5 Å².